The maximum atomic E-state index is 12.4. The number of halogens is 1. The standard InChI is InChI=1S/C9H9FO3/c1-13-9(12)7-4-2-3-6(5-7)8(10)11/h2-5,8,11H,1H3. The lowest BCUT2D eigenvalue weighted by Gasteiger charge is -2.03. The Balaban J connectivity index is 2.98. The van der Waals surface area contributed by atoms with Gasteiger partial charge in [-0.2, -0.15) is 0 Å². The molecule has 0 amide bonds. The summed E-state index contributed by atoms with van der Waals surface area (Å²) >= 11 is 0. The molecule has 1 N–H and O–H groups in total. The van der Waals surface area contributed by atoms with Gasteiger partial charge in [-0.15, -0.1) is 0 Å². The molecule has 0 aliphatic carbocycles. The Morgan fingerprint density at radius 2 is 2.31 bits per heavy atom. The van der Waals surface area contributed by atoms with E-state index in [-0.39, 0.29) is 11.1 Å². The molecule has 0 aliphatic rings. The summed E-state index contributed by atoms with van der Waals surface area (Å²) in [5, 5.41) is 8.58. The molecule has 70 valence electrons. The van der Waals surface area contributed by atoms with Crippen LogP contribution in [0, 0.1) is 0 Å². The molecule has 13 heavy (non-hydrogen) atoms. The first kappa shape index (κ1) is 9.67. The van der Waals surface area contributed by atoms with Crippen LogP contribution in [0.1, 0.15) is 22.3 Å². The maximum absolute atomic E-state index is 12.4. The van der Waals surface area contributed by atoms with Crippen molar-refractivity contribution >= 4 is 5.97 Å². The number of alkyl halides is 1. The second-order valence-corrected chi connectivity index (χ2v) is 2.45. The zero-order chi connectivity index (χ0) is 9.84. The van der Waals surface area contributed by atoms with Crippen LogP contribution in [0.3, 0.4) is 0 Å². The van der Waals surface area contributed by atoms with Gasteiger partial charge in [0, 0.05) is 5.56 Å². The highest BCUT2D eigenvalue weighted by Gasteiger charge is 2.09. The summed E-state index contributed by atoms with van der Waals surface area (Å²) in [5.74, 6) is -0.553. The number of methoxy groups -OCH3 is 1. The number of aliphatic hydroxyl groups excluding tert-OH is 1. The van der Waals surface area contributed by atoms with Crippen LogP contribution >= 0.6 is 0 Å². The van der Waals surface area contributed by atoms with E-state index in [1.165, 1.54) is 31.4 Å². The van der Waals surface area contributed by atoms with Crippen molar-refractivity contribution in [1.82, 2.24) is 0 Å². The highest BCUT2D eigenvalue weighted by atomic mass is 19.1. The number of hydrogen-bond acceptors (Lipinski definition) is 3. The highest BCUT2D eigenvalue weighted by molar-refractivity contribution is 5.89. The normalized spacial score (nSPS) is 12.2. The average molecular weight is 184 g/mol. The third-order valence-corrected chi connectivity index (χ3v) is 1.58. The van der Waals surface area contributed by atoms with Crippen molar-refractivity contribution in [2.24, 2.45) is 0 Å². The molecule has 0 aromatic heterocycles. The minimum absolute atomic E-state index is 0.0444. The van der Waals surface area contributed by atoms with E-state index in [1.54, 1.807) is 0 Å². The van der Waals surface area contributed by atoms with Gasteiger partial charge < -0.3 is 9.84 Å². The minimum atomic E-state index is -2.07. The maximum Gasteiger partial charge on any atom is 0.337 e. The lowest BCUT2D eigenvalue weighted by Crippen LogP contribution is -2.02. The Kier molecular flexibility index (Phi) is 2.97. The van der Waals surface area contributed by atoms with E-state index in [1.807, 2.05) is 0 Å². The summed E-state index contributed by atoms with van der Waals surface area (Å²) in [5.41, 5.74) is 0.264. The van der Waals surface area contributed by atoms with E-state index in [9.17, 15) is 9.18 Å². The molecule has 1 aromatic rings. The van der Waals surface area contributed by atoms with Gasteiger partial charge >= 0.3 is 5.97 Å². The molecular formula is C9H9FO3. The smallest absolute Gasteiger partial charge is 0.337 e. The first-order valence-electron chi connectivity index (χ1n) is 3.65. The van der Waals surface area contributed by atoms with Crippen molar-refractivity contribution in [3.05, 3.63) is 35.4 Å². The van der Waals surface area contributed by atoms with E-state index in [0.717, 1.165) is 0 Å². The van der Waals surface area contributed by atoms with Crippen molar-refractivity contribution in [1.29, 1.82) is 0 Å². The number of carbonyl (C=O) groups excluding carboxylic acids is 1. The second kappa shape index (κ2) is 4.00. The average Bonchev–Trinajstić information content (AvgIpc) is 2.17. The highest BCUT2D eigenvalue weighted by Crippen LogP contribution is 2.15. The third kappa shape index (κ3) is 2.26. The van der Waals surface area contributed by atoms with Gasteiger partial charge in [0.25, 0.3) is 0 Å². The van der Waals surface area contributed by atoms with Gasteiger partial charge in [0.1, 0.15) is 0 Å². The Labute approximate surface area is 74.8 Å². The molecule has 0 aliphatic heterocycles. The van der Waals surface area contributed by atoms with E-state index < -0.39 is 12.3 Å². The first-order chi connectivity index (χ1) is 6.15. The van der Waals surface area contributed by atoms with E-state index in [0.29, 0.717) is 0 Å². The predicted molar refractivity (Wildman–Crippen MR) is 43.8 cm³/mol. The zero-order valence-electron chi connectivity index (χ0n) is 7.03. The summed E-state index contributed by atoms with van der Waals surface area (Å²) in [6, 6.07) is 5.59. The number of aliphatic hydroxyl groups is 1. The Morgan fingerprint density at radius 3 is 2.85 bits per heavy atom. The number of rotatable bonds is 2. The summed E-state index contributed by atoms with van der Waals surface area (Å²) < 4.78 is 16.8. The number of hydrogen-bond donors (Lipinski definition) is 1. The number of carbonyl (C=O) groups is 1. The fraction of sp³-hybridized carbons (Fsp3) is 0.222. The summed E-state index contributed by atoms with van der Waals surface area (Å²) in [7, 11) is 1.24. The predicted octanol–water partition coefficient (Wildman–Crippen LogP) is 1.43. The molecule has 1 rings (SSSR count). The van der Waals surface area contributed by atoms with Gasteiger partial charge in [-0.3, -0.25) is 0 Å². The number of esters is 1. The van der Waals surface area contributed by atoms with Crippen LogP contribution in [0.25, 0.3) is 0 Å². The Morgan fingerprint density at radius 1 is 1.62 bits per heavy atom. The van der Waals surface area contributed by atoms with Gasteiger partial charge in [-0.1, -0.05) is 12.1 Å². The first-order valence-corrected chi connectivity index (χ1v) is 3.65. The molecule has 0 radical (unpaired) electrons. The molecule has 0 spiro atoms. The van der Waals surface area contributed by atoms with Crippen LogP contribution < -0.4 is 0 Å². The van der Waals surface area contributed by atoms with Crippen LogP contribution in [0.15, 0.2) is 24.3 Å². The second-order valence-electron chi connectivity index (χ2n) is 2.45. The fourth-order valence-corrected chi connectivity index (χ4v) is 0.932. The van der Waals surface area contributed by atoms with Crippen LogP contribution in [0.5, 0.6) is 0 Å². The SMILES string of the molecule is COC(=O)c1cccc(C(O)F)c1. The Hall–Kier alpha value is -1.42. The fourth-order valence-electron chi connectivity index (χ4n) is 0.932. The van der Waals surface area contributed by atoms with E-state index >= 15 is 0 Å². The molecule has 0 fully saturated rings. The Bertz CT molecular complexity index is 309. The van der Waals surface area contributed by atoms with Gasteiger partial charge in [-0.05, 0) is 12.1 Å². The van der Waals surface area contributed by atoms with Crippen molar-refractivity contribution in [2.75, 3.05) is 7.11 Å². The molecule has 0 saturated heterocycles. The van der Waals surface area contributed by atoms with E-state index in [4.69, 9.17) is 5.11 Å². The number of ether oxygens (including phenoxy) is 1. The minimum Gasteiger partial charge on any atom is -0.465 e. The molecule has 1 unspecified atom stereocenters. The summed E-state index contributed by atoms with van der Waals surface area (Å²) in [6.45, 7) is 0. The van der Waals surface area contributed by atoms with Crippen LogP contribution in [0.4, 0.5) is 4.39 Å². The zero-order valence-corrected chi connectivity index (χ0v) is 7.03. The van der Waals surface area contributed by atoms with Crippen LogP contribution in [-0.4, -0.2) is 18.2 Å². The van der Waals surface area contributed by atoms with Gasteiger partial charge in [0.2, 0.25) is 6.36 Å². The van der Waals surface area contributed by atoms with Gasteiger partial charge in [-0.25, -0.2) is 9.18 Å². The molecule has 4 heteroatoms. The molecule has 0 bridgehead atoms. The van der Waals surface area contributed by atoms with E-state index in [2.05, 4.69) is 4.74 Å². The van der Waals surface area contributed by atoms with Gasteiger partial charge in [0.05, 0.1) is 12.7 Å². The van der Waals surface area contributed by atoms with Crippen molar-refractivity contribution in [3.63, 3.8) is 0 Å². The quantitative estimate of drug-likeness (QED) is 0.707. The molecular weight excluding hydrogens is 175 g/mol. The van der Waals surface area contributed by atoms with Crippen LogP contribution in [-0.2, 0) is 4.74 Å². The van der Waals surface area contributed by atoms with Crippen LogP contribution in [0.2, 0.25) is 0 Å². The topological polar surface area (TPSA) is 46.5 Å². The molecule has 0 heterocycles. The lowest BCUT2D eigenvalue weighted by molar-refractivity contribution is 0.0409. The molecule has 1 aromatic carbocycles. The molecule has 3 nitrogen and oxygen atoms in total. The summed E-state index contributed by atoms with van der Waals surface area (Å²) in [4.78, 5) is 11.0. The number of benzene rings is 1. The summed E-state index contributed by atoms with van der Waals surface area (Å²) in [6.07, 6.45) is -2.07. The molecule has 0 saturated carbocycles. The largest absolute Gasteiger partial charge is 0.465 e. The van der Waals surface area contributed by atoms with Crippen molar-refractivity contribution < 1.29 is 19.0 Å². The van der Waals surface area contributed by atoms with Gasteiger partial charge in [0.15, 0.2) is 0 Å². The molecule has 1 atom stereocenters. The monoisotopic (exact) mass is 184 g/mol. The van der Waals surface area contributed by atoms with Crippen molar-refractivity contribution in [2.45, 2.75) is 6.36 Å². The lowest BCUT2D eigenvalue weighted by atomic mass is 10.1. The third-order valence-electron chi connectivity index (χ3n) is 1.58. The van der Waals surface area contributed by atoms with Crippen molar-refractivity contribution in [3.8, 4) is 0 Å².